The van der Waals surface area contributed by atoms with Crippen LogP contribution in [-0.4, -0.2) is 49.8 Å². The van der Waals surface area contributed by atoms with Crippen molar-refractivity contribution in [2.75, 3.05) is 6.54 Å². The maximum atomic E-state index is 13.5. The van der Waals surface area contributed by atoms with Crippen molar-refractivity contribution in [1.29, 1.82) is 0 Å². The summed E-state index contributed by atoms with van der Waals surface area (Å²) in [7, 11) is 0. The third-order valence-corrected chi connectivity index (χ3v) is 6.68. The number of phenols is 4. The number of hydrogen-bond donors (Lipinski definition) is 7. The van der Waals surface area contributed by atoms with E-state index in [0.717, 1.165) is 16.5 Å². The van der Waals surface area contributed by atoms with E-state index in [1.165, 1.54) is 30.3 Å². The summed E-state index contributed by atoms with van der Waals surface area (Å²) in [5, 5.41) is 47.0. The summed E-state index contributed by atoms with van der Waals surface area (Å²) in [6, 6.07) is 18.5. The first-order chi connectivity index (χ1) is 18.8. The van der Waals surface area contributed by atoms with E-state index in [9.17, 15) is 30.0 Å². The Balaban J connectivity index is 1.39. The molecule has 5 rings (SSSR count). The molecule has 0 saturated heterocycles. The van der Waals surface area contributed by atoms with E-state index in [1.54, 1.807) is 24.4 Å². The summed E-state index contributed by atoms with van der Waals surface area (Å²) >= 11 is 0. The van der Waals surface area contributed by atoms with Gasteiger partial charge in [-0.05, 0) is 59.3 Å². The van der Waals surface area contributed by atoms with Crippen molar-refractivity contribution in [1.82, 2.24) is 15.6 Å². The van der Waals surface area contributed by atoms with Gasteiger partial charge in [0, 0.05) is 35.5 Å². The van der Waals surface area contributed by atoms with Gasteiger partial charge in [-0.25, -0.2) is 0 Å². The van der Waals surface area contributed by atoms with E-state index in [-0.39, 0.29) is 41.5 Å². The minimum Gasteiger partial charge on any atom is -0.508 e. The molecule has 0 radical (unpaired) electrons. The number of phenolic OH excluding ortho intramolecular Hbond substituents is 4. The molecule has 0 fully saturated rings. The van der Waals surface area contributed by atoms with Crippen LogP contribution in [0.1, 0.15) is 21.5 Å². The van der Waals surface area contributed by atoms with E-state index in [4.69, 9.17) is 0 Å². The fourth-order valence-corrected chi connectivity index (χ4v) is 4.69. The first kappa shape index (κ1) is 25.5. The minimum absolute atomic E-state index is 0.0780. The van der Waals surface area contributed by atoms with Crippen molar-refractivity contribution in [3.05, 3.63) is 95.7 Å². The molecule has 2 amide bonds. The van der Waals surface area contributed by atoms with Crippen molar-refractivity contribution in [2.24, 2.45) is 0 Å². The number of H-pyrrole nitrogens is 1. The molecule has 1 atom stereocenters. The molecule has 0 aliphatic rings. The van der Waals surface area contributed by atoms with Gasteiger partial charge in [0.25, 0.3) is 5.91 Å². The van der Waals surface area contributed by atoms with Gasteiger partial charge in [-0.1, -0.05) is 36.4 Å². The zero-order valence-electron chi connectivity index (χ0n) is 20.8. The molecule has 9 nitrogen and oxygen atoms in total. The van der Waals surface area contributed by atoms with Gasteiger partial charge >= 0.3 is 0 Å². The molecule has 5 aromatic rings. The molecule has 39 heavy (non-hydrogen) atoms. The van der Waals surface area contributed by atoms with Crippen molar-refractivity contribution >= 4 is 33.5 Å². The van der Waals surface area contributed by atoms with Gasteiger partial charge in [0.05, 0.1) is 5.56 Å². The van der Waals surface area contributed by atoms with Gasteiger partial charge in [-0.3, -0.25) is 9.59 Å². The summed E-state index contributed by atoms with van der Waals surface area (Å²) in [4.78, 5) is 30.0. The molecule has 0 spiro atoms. The van der Waals surface area contributed by atoms with Gasteiger partial charge < -0.3 is 36.0 Å². The largest absolute Gasteiger partial charge is 0.508 e. The molecular formula is C30H27N3O6. The van der Waals surface area contributed by atoms with Crippen LogP contribution >= 0.6 is 0 Å². The fourth-order valence-electron chi connectivity index (χ4n) is 4.69. The smallest absolute Gasteiger partial charge is 0.252 e. The van der Waals surface area contributed by atoms with Crippen molar-refractivity contribution < 1.29 is 30.0 Å². The second-order valence-electron chi connectivity index (χ2n) is 9.32. The number of carbonyl (C=O) groups excluding carboxylic acids is 2. The average molecular weight is 526 g/mol. The maximum Gasteiger partial charge on any atom is 0.252 e. The number of aromatic hydroxyl groups is 4. The number of rotatable bonds is 8. The van der Waals surface area contributed by atoms with E-state index in [0.29, 0.717) is 22.8 Å². The highest BCUT2D eigenvalue weighted by Crippen LogP contribution is 2.31. The molecule has 0 aliphatic heterocycles. The molecule has 4 aromatic carbocycles. The van der Waals surface area contributed by atoms with Gasteiger partial charge in [-0.15, -0.1) is 0 Å². The first-order valence-electron chi connectivity index (χ1n) is 12.4. The van der Waals surface area contributed by atoms with Gasteiger partial charge in [0.1, 0.15) is 17.5 Å². The maximum absolute atomic E-state index is 13.5. The number of carbonyl (C=O) groups is 2. The van der Waals surface area contributed by atoms with Crippen molar-refractivity contribution in [2.45, 2.75) is 18.9 Å². The van der Waals surface area contributed by atoms with Crippen molar-refractivity contribution in [3.8, 4) is 23.0 Å². The molecule has 0 saturated carbocycles. The highest BCUT2D eigenvalue weighted by atomic mass is 16.3. The second kappa shape index (κ2) is 10.7. The topological polar surface area (TPSA) is 155 Å². The van der Waals surface area contributed by atoms with E-state index in [2.05, 4.69) is 15.6 Å². The third kappa shape index (κ3) is 5.42. The number of benzene rings is 4. The number of fused-ring (bicyclic) bond motifs is 2. The van der Waals surface area contributed by atoms with Gasteiger partial charge in [0.15, 0.2) is 11.5 Å². The van der Waals surface area contributed by atoms with E-state index >= 15 is 0 Å². The Kier molecular flexibility index (Phi) is 6.96. The molecule has 0 aliphatic carbocycles. The molecule has 198 valence electrons. The lowest BCUT2D eigenvalue weighted by Gasteiger charge is -2.19. The lowest BCUT2D eigenvalue weighted by atomic mass is 10.0. The van der Waals surface area contributed by atoms with Crippen LogP contribution in [0, 0.1) is 0 Å². The summed E-state index contributed by atoms with van der Waals surface area (Å²) in [5.41, 5.74) is 2.58. The molecule has 9 heteroatoms. The second-order valence-corrected chi connectivity index (χ2v) is 9.32. The zero-order valence-corrected chi connectivity index (χ0v) is 20.8. The predicted octanol–water partition coefficient (Wildman–Crippen LogP) is 3.84. The Morgan fingerprint density at radius 3 is 2.41 bits per heavy atom. The highest BCUT2D eigenvalue weighted by molar-refractivity contribution is 6.10. The van der Waals surface area contributed by atoms with Crippen molar-refractivity contribution in [3.63, 3.8) is 0 Å². The Bertz CT molecular complexity index is 1690. The van der Waals surface area contributed by atoms with E-state index in [1.807, 2.05) is 24.3 Å². The van der Waals surface area contributed by atoms with Crippen LogP contribution in [0.3, 0.4) is 0 Å². The van der Waals surface area contributed by atoms with Gasteiger partial charge in [0.2, 0.25) is 5.91 Å². The molecule has 0 bridgehead atoms. The van der Waals surface area contributed by atoms with Crippen LogP contribution < -0.4 is 10.6 Å². The van der Waals surface area contributed by atoms with E-state index < -0.39 is 17.9 Å². The quantitative estimate of drug-likeness (QED) is 0.153. The normalized spacial score (nSPS) is 11.9. The highest BCUT2D eigenvalue weighted by Gasteiger charge is 2.24. The zero-order chi connectivity index (χ0) is 27.5. The van der Waals surface area contributed by atoms with Crippen LogP contribution in [0.5, 0.6) is 23.0 Å². The monoisotopic (exact) mass is 525 g/mol. The molecular weight excluding hydrogens is 498 g/mol. The fraction of sp³-hybridized carbons (Fsp3) is 0.133. The van der Waals surface area contributed by atoms with Crippen LogP contribution in [-0.2, 0) is 17.6 Å². The summed E-state index contributed by atoms with van der Waals surface area (Å²) in [5.74, 6) is -1.73. The summed E-state index contributed by atoms with van der Waals surface area (Å²) < 4.78 is 0. The number of para-hydroxylation sites is 1. The number of nitrogens with one attached hydrogen (secondary N) is 3. The minimum atomic E-state index is -0.959. The predicted molar refractivity (Wildman–Crippen MR) is 147 cm³/mol. The number of hydrogen-bond acceptors (Lipinski definition) is 6. The van der Waals surface area contributed by atoms with Crippen LogP contribution in [0.4, 0.5) is 0 Å². The molecule has 7 N–H and O–H groups in total. The van der Waals surface area contributed by atoms with Crippen LogP contribution in [0.2, 0.25) is 0 Å². The third-order valence-electron chi connectivity index (χ3n) is 6.68. The van der Waals surface area contributed by atoms with Crippen LogP contribution in [0.15, 0.2) is 79.0 Å². The summed E-state index contributed by atoms with van der Waals surface area (Å²) in [6.45, 7) is 0.228. The SMILES string of the molecule is O=C(N[C@@H](Cc1c[nH]c2ccccc12)C(=O)NCCc1ccc(O)c(O)c1)c1cc(O)cc2c(O)cccc12. The standard InChI is InChI=1S/C30H27N3O6/c34-19-14-22-21(5-3-7-26(22)35)23(15-19)29(38)33-25(13-18-16-32-24-6-2-1-4-20(18)24)30(39)31-11-10-17-8-9-27(36)28(37)12-17/h1-9,12,14-16,25,32,34-37H,10-11,13H2,(H,31,39)(H,33,38)/t25-/m0/s1. The first-order valence-corrected chi connectivity index (χ1v) is 12.4. The molecule has 0 unspecified atom stereocenters. The van der Waals surface area contributed by atoms with Crippen LogP contribution in [0.25, 0.3) is 21.7 Å². The number of aromatic amines is 1. The Morgan fingerprint density at radius 2 is 1.59 bits per heavy atom. The Hall–Kier alpha value is -5.18. The number of aromatic nitrogens is 1. The average Bonchev–Trinajstić information content (AvgIpc) is 3.33. The Morgan fingerprint density at radius 1 is 0.795 bits per heavy atom. The Labute approximate surface area is 223 Å². The lowest BCUT2D eigenvalue weighted by molar-refractivity contribution is -0.122. The lowest BCUT2D eigenvalue weighted by Crippen LogP contribution is -2.48. The summed E-state index contributed by atoms with van der Waals surface area (Å²) in [6.07, 6.45) is 2.39. The number of amides is 2. The van der Waals surface area contributed by atoms with Gasteiger partial charge in [-0.2, -0.15) is 0 Å². The molecule has 1 aromatic heterocycles. The molecule has 1 heterocycles.